The van der Waals surface area contributed by atoms with Crippen LogP contribution in [0.5, 0.6) is 0 Å². The molecule has 1 fully saturated rings. The summed E-state index contributed by atoms with van der Waals surface area (Å²) in [6, 6.07) is 8.06. The fourth-order valence-corrected chi connectivity index (χ4v) is 3.63. The van der Waals surface area contributed by atoms with Gasteiger partial charge in [-0.05, 0) is 39.2 Å². The summed E-state index contributed by atoms with van der Waals surface area (Å²) < 4.78 is 1.77. The van der Waals surface area contributed by atoms with Gasteiger partial charge in [-0.15, -0.1) is 5.10 Å². The lowest BCUT2D eigenvalue weighted by atomic mass is 10.1. The number of benzene rings is 1. The molecule has 26 heavy (non-hydrogen) atoms. The molecule has 1 amide bonds. The molecule has 4 rings (SSSR count). The molecule has 0 bridgehead atoms. The number of aromatic nitrogens is 4. The Morgan fingerprint density at radius 2 is 1.81 bits per heavy atom. The van der Waals surface area contributed by atoms with E-state index in [0.29, 0.717) is 18.0 Å². The summed E-state index contributed by atoms with van der Waals surface area (Å²) in [5, 5.41) is 4.67. The third-order valence-corrected chi connectivity index (χ3v) is 5.22. The fraction of sp³-hybridized carbons (Fsp3) is 0.400. The summed E-state index contributed by atoms with van der Waals surface area (Å²) in [6.45, 7) is 7.72. The van der Waals surface area contributed by atoms with Gasteiger partial charge in [0.15, 0.2) is 5.82 Å². The van der Waals surface area contributed by atoms with Gasteiger partial charge in [-0.2, -0.15) is 4.98 Å². The largest absolute Gasteiger partial charge is 0.342 e. The van der Waals surface area contributed by atoms with Gasteiger partial charge in [0.25, 0.3) is 5.78 Å². The van der Waals surface area contributed by atoms with Gasteiger partial charge in [0.05, 0.1) is 6.42 Å². The van der Waals surface area contributed by atoms with Crippen LogP contribution < -0.4 is 0 Å². The Hall–Kier alpha value is -2.76. The summed E-state index contributed by atoms with van der Waals surface area (Å²) >= 11 is 0. The van der Waals surface area contributed by atoms with Gasteiger partial charge >= 0.3 is 0 Å². The Morgan fingerprint density at radius 1 is 1.08 bits per heavy atom. The number of carbonyl (C=O) groups is 1. The number of carbonyl (C=O) groups excluding carboxylic acids is 1. The van der Waals surface area contributed by atoms with E-state index in [1.54, 1.807) is 4.52 Å². The zero-order valence-electron chi connectivity index (χ0n) is 15.5. The molecule has 3 heterocycles. The van der Waals surface area contributed by atoms with E-state index >= 15 is 0 Å². The highest BCUT2D eigenvalue weighted by Crippen LogP contribution is 2.22. The van der Waals surface area contributed by atoms with E-state index in [9.17, 15) is 4.79 Å². The smallest absolute Gasteiger partial charge is 0.253 e. The standard InChI is InChI=1S/C20H23N5O/c1-13-8-4-5-9-16(13)19-22-20-21-14(2)17(15(3)25(20)23-19)12-18(26)24-10-6-7-11-24/h4-5,8-9H,6-7,10-12H2,1-3H3. The Labute approximate surface area is 152 Å². The van der Waals surface area contributed by atoms with Crippen LogP contribution in [0.2, 0.25) is 0 Å². The SMILES string of the molecule is Cc1ccccc1-c1nc2nc(C)c(CC(=O)N3CCCC3)c(C)n2n1. The van der Waals surface area contributed by atoms with Crippen molar-refractivity contribution in [1.82, 2.24) is 24.5 Å². The highest BCUT2D eigenvalue weighted by molar-refractivity contribution is 5.79. The van der Waals surface area contributed by atoms with Crippen LogP contribution in [0.1, 0.15) is 35.4 Å². The van der Waals surface area contributed by atoms with Crippen molar-refractivity contribution in [2.24, 2.45) is 0 Å². The molecule has 1 saturated heterocycles. The van der Waals surface area contributed by atoms with E-state index in [4.69, 9.17) is 0 Å². The molecule has 0 saturated carbocycles. The Bertz CT molecular complexity index is 985. The first-order valence-electron chi connectivity index (χ1n) is 9.11. The molecule has 1 aliphatic rings. The monoisotopic (exact) mass is 349 g/mol. The highest BCUT2D eigenvalue weighted by atomic mass is 16.2. The Balaban J connectivity index is 1.74. The first-order chi connectivity index (χ1) is 12.5. The lowest BCUT2D eigenvalue weighted by Crippen LogP contribution is -2.29. The van der Waals surface area contributed by atoms with E-state index in [0.717, 1.165) is 54.0 Å². The molecule has 6 nitrogen and oxygen atoms in total. The molecular formula is C20H23N5O. The van der Waals surface area contributed by atoms with E-state index in [-0.39, 0.29) is 5.91 Å². The van der Waals surface area contributed by atoms with Crippen LogP contribution in [0.3, 0.4) is 0 Å². The van der Waals surface area contributed by atoms with Crippen molar-refractivity contribution < 1.29 is 4.79 Å². The number of amides is 1. The number of fused-ring (bicyclic) bond motifs is 1. The minimum absolute atomic E-state index is 0.175. The molecular weight excluding hydrogens is 326 g/mol. The highest BCUT2D eigenvalue weighted by Gasteiger charge is 2.22. The zero-order chi connectivity index (χ0) is 18.3. The molecule has 1 aliphatic heterocycles. The maximum absolute atomic E-state index is 12.6. The molecule has 0 radical (unpaired) electrons. The van der Waals surface area contributed by atoms with Gasteiger partial charge in [0.2, 0.25) is 5.91 Å². The molecule has 3 aromatic rings. The van der Waals surface area contributed by atoms with Crippen LogP contribution in [-0.2, 0) is 11.2 Å². The van der Waals surface area contributed by atoms with Gasteiger partial charge in [0, 0.05) is 35.6 Å². The Morgan fingerprint density at radius 3 is 2.54 bits per heavy atom. The first-order valence-corrected chi connectivity index (χ1v) is 9.11. The Kier molecular flexibility index (Phi) is 4.18. The van der Waals surface area contributed by atoms with Crippen molar-refractivity contribution in [2.45, 2.75) is 40.0 Å². The molecule has 0 atom stereocenters. The molecule has 0 spiro atoms. The van der Waals surface area contributed by atoms with Crippen LogP contribution in [0.4, 0.5) is 0 Å². The lowest BCUT2D eigenvalue weighted by Gasteiger charge is -2.17. The van der Waals surface area contributed by atoms with Crippen molar-refractivity contribution >= 4 is 11.7 Å². The van der Waals surface area contributed by atoms with Gasteiger partial charge in [0.1, 0.15) is 0 Å². The molecule has 6 heteroatoms. The van der Waals surface area contributed by atoms with Gasteiger partial charge < -0.3 is 4.90 Å². The molecule has 0 N–H and O–H groups in total. The average molecular weight is 349 g/mol. The summed E-state index contributed by atoms with van der Waals surface area (Å²) in [4.78, 5) is 23.7. The van der Waals surface area contributed by atoms with Crippen molar-refractivity contribution in [1.29, 1.82) is 0 Å². The quantitative estimate of drug-likeness (QED) is 0.729. The van der Waals surface area contributed by atoms with E-state index in [1.165, 1.54) is 0 Å². The van der Waals surface area contributed by atoms with Crippen molar-refractivity contribution in [3.8, 4) is 11.4 Å². The number of hydrogen-bond acceptors (Lipinski definition) is 4. The second kappa shape index (κ2) is 6.52. The van der Waals surface area contributed by atoms with Crippen molar-refractivity contribution in [3.05, 3.63) is 46.8 Å². The number of rotatable bonds is 3. The topological polar surface area (TPSA) is 63.4 Å². The van der Waals surface area contributed by atoms with Crippen LogP contribution in [0.25, 0.3) is 17.2 Å². The predicted molar refractivity (Wildman–Crippen MR) is 99.9 cm³/mol. The van der Waals surface area contributed by atoms with Crippen LogP contribution in [0, 0.1) is 20.8 Å². The second-order valence-corrected chi connectivity index (χ2v) is 6.99. The lowest BCUT2D eigenvalue weighted by molar-refractivity contribution is -0.129. The molecule has 0 unspecified atom stereocenters. The van der Waals surface area contributed by atoms with Crippen molar-refractivity contribution in [2.75, 3.05) is 13.1 Å². The molecule has 1 aromatic carbocycles. The van der Waals surface area contributed by atoms with E-state index in [2.05, 4.69) is 15.1 Å². The van der Waals surface area contributed by atoms with Crippen LogP contribution >= 0.6 is 0 Å². The number of likely N-dealkylation sites (tertiary alicyclic amines) is 1. The van der Waals surface area contributed by atoms with Gasteiger partial charge in [-0.1, -0.05) is 24.3 Å². The average Bonchev–Trinajstić information content (AvgIpc) is 3.28. The minimum Gasteiger partial charge on any atom is -0.342 e. The number of aryl methyl sites for hydroxylation is 3. The van der Waals surface area contributed by atoms with Gasteiger partial charge in [-0.25, -0.2) is 9.50 Å². The normalized spacial score (nSPS) is 14.3. The summed E-state index contributed by atoms with van der Waals surface area (Å²) in [7, 11) is 0. The molecule has 2 aromatic heterocycles. The summed E-state index contributed by atoms with van der Waals surface area (Å²) in [6.07, 6.45) is 2.58. The van der Waals surface area contributed by atoms with E-state index in [1.807, 2.05) is 49.9 Å². The number of nitrogens with zero attached hydrogens (tertiary/aromatic N) is 5. The maximum Gasteiger partial charge on any atom is 0.253 e. The third-order valence-electron chi connectivity index (χ3n) is 5.22. The predicted octanol–water partition coefficient (Wildman–Crippen LogP) is 2.88. The van der Waals surface area contributed by atoms with E-state index < -0.39 is 0 Å². The van der Waals surface area contributed by atoms with Crippen LogP contribution in [-0.4, -0.2) is 43.5 Å². The van der Waals surface area contributed by atoms with Crippen LogP contribution in [0.15, 0.2) is 24.3 Å². The minimum atomic E-state index is 0.175. The molecule has 134 valence electrons. The van der Waals surface area contributed by atoms with Crippen molar-refractivity contribution in [3.63, 3.8) is 0 Å². The second-order valence-electron chi connectivity index (χ2n) is 6.99. The summed E-state index contributed by atoms with van der Waals surface area (Å²) in [5.74, 6) is 1.42. The molecule has 0 aliphatic carbocycles. The van der Waals surface area contributed by atoms with Gasteiger partial charge in [-0.3, -0.25) is 4.79 Å². The number of hydrogen-bond donors (Lipinski definition) is 0. The third kappa shape index (κ3) is 2.85. The summed E-state index contributed by atoms with van der Waals surface area (Å²) in [5.41, 5.74) is 4.88. The first kappa shape index (κ1) is 16.7. The fourth-order valence-electron chi connectivity index (χ4n) is 3.63. The zero-order valence-corrected chi connectivity index (χ0v) is 15.5. The maximum atomic E-state index is 12.6.